The lowest BCUT2D eigenvalue weighted by molar-refractivity contribution is 0.100. The number of amides is 2. The van der Waals surface area contributed by atoms with Crippen molar-refractivity contribution < 1.29 is 9.59 Å². The van der Waals surface area contributed by atoms with Crippen LogP contribution in [0, 0.1) is 13.8 Å². The molecule has 0 saturated carbocycles. The number of aromatic amines is 1. The summed E-state index contributed by atoms with van der Waals surface area (Å²) >= 11 is 7.07. The fourth-order valence-electron chi connectivity index (χ4n) is 2.49. The van der Waals surface area contributed by atoms with Gasteiger partial charge >= 0.3 is 0 Å². The number of carbonyl (C=O) groups excluding carboxylic acids is 2. The van der Waals surface area contributed by atoms with E-state index in [4.69, 9.17) is 17.3 Å². The Balaban J connectivity index is 1.90. The Kier molecular flexibility index (Phi) is 5.11. The molecule has 0 atom stereocenters. The van der Waals surface area contributed by atoms with Crippen molar-refractivity contribution in [3.8, 4) is 11.4 Å². The molecule has 7 nitrogen and oxygen atoms in total. The molecule has 3 rings (SSSR count). The topological polar surface area (TPSA) is 118 Å². The summed E-state index contributed by atoms with van der Waals surface area (Å²) in [6.07, 6.45) is 1.19. The molecule has 0 bridgehead atoms. The molecule has 0 fully saturated rings. The first kappa shape index (κ1) is 18.8. The van der Waals surface area contributed by atoms with Crippen LogP contribution in [0.5, 0.6) is 0 Å². The van der Waals surface area contributed by atoms with Crippen LogP contribution in [0.25, 0.3) is 11.4 Å². The van der Waals surface area contributed by atoms with Gasteiger partial charge in [0.2, 0.25) is 0 Å². The molecule has 9 heteroatoms. The summed E-state index contributed by atoms with van der Waals surface area (Å²) in [4.78, 5) is 44.0. The third-order valence-corrected chi connectivity index (χ3v) is 5.40. The monoisotopic (exact) mass is 402 g/mol. The zero-order valence-corrected chi connectivity index (χ0v) is 16.0. The number of nitrogens with zero attached hydrogens (tertiary/aromatic N) is 1. The first-order chi connectivity index (χ1) is 12.8. The maximum absolute atomic E-state index is 12.5. The third kappa shape index (κ3) is 3.76. The average molecular weight is 403 g/mol. The number of aryl methyl sites for hydroxylation is 1. The van der Waals surface area contributed by atoms with E-state index < -0.39 is 17.4 Å². The number of hydrogen-bond donors (Lipinski definition) is 3. The maximum Gasteiger partial charge on any atom is 0.264 e. The molecule has 138 valence electrons. The molecule has 2 amide bonds. The molecule has 2 aromatic heterocycles. The number of benzene rings is 1. The highest BCUT2D eigenvalue weighted by Gasteiger charge is 2.21. The number of anilines is 1. The highest BCUT2D eigenvalue weighted by atomic mass is 35.5. The molecular formula is C18H15ClN4O3S. The lowest BCUT2D eigenvalue weighted by Gasteiger charge is -2.06. The van der Waals surface area contributed by atoms with E-state index in [1.807, 2.05) is 6.92 Å². The molecule has 0 aliphatic rings. The lowest BCUT2D eigenvalue weighted by Crippen LogP contribution is -2.25. The normalized spacial score (nSPS) is 10.6. The minimum atomic E-state index is -0.671. The van der Waals surface area contributed by atoms with Gasteiger partial charge in [-0.25, -0.2) is 4.98 Å². The summed E-state index contributed by atoms with van der Waals surface area (Å²) in [5.74, 6) is -0.999. The zero-order chi connectivity index (χ0) is 19.7. The number of carbonyl (C=O) groups is 2. The van der Waals surface area contributed by atoms with Gasteiger partial charge in [-0.3, -0.25) is 14.4 Å². The predicted octanol–water partition coefficient (Wildman–Crippen LogP) is 3.12. The molecule has 2 heterocycles. The van der Waals surface area contributed by atoms with Gasteiger partial charge in [0.05, 0.1) is 5.56 Å². The summed E-state index contributed by atoms with van der Waals surface area (Å²) in [5.41, 5.74) is 6.22. The van der Waals surface area contributed by atoms with Crippen LogP contribution in [0.15, 0.2) is 35.3 Å². The van der Waals surface area contributed by atoms with Crippen LogP contribution in [-0.2, 0) is 0 Å². The van der Waals surface area contributed by atoms with Crippen LogP contribution in [-0.4, -0.2) is 21.8 Å². The number of nitrogens with one attached hydrogen (secondary N) is 2. The molecule has 1 aromatic carbocycles. The van der Waals surface area contributed by atoms with Gasteiger partial charge < -0.3 is 16.0 Å². The second-order valence-corrected chi connectivity index (χ2v) is 7.45. The number of hydrogen-bond acceptors (Lipinski definition) is 5. The van der Waals surface area contributed by atoms with Gasteiger partial charge in [0.1, 0.15) is 16.4 Å². The van der Waals surface area contributed by atoms with E-state index in [2.05, 4.69) is 15.3 Å². The van der Waals surface area contributed by atoms with E-state index in [0.717, 1.165) is 4.88 Å². The number of primary amides is 1. The van der Waals surface area contributed by atoms with E-state index in [1.54, 1.807) is 31.2 Å². The first-order valence-electron chi connectivity index (χ1n) is 7.84. The molecule has 3 aromatic rings. The van der Waals surface area contributed by atoms with Crippen LogP contribution in [0.1, 0.15) is 31.2 Å². The molecule has 0 unspecified atom stereocenters. The molecule has 27 heavy (non-hydrogen) atoms. The standard InChI is InChI=1S/C18H15ClN4O3S/c1-8-9(2)27-18(13(8)14(20)24)23-17(26)12-7-21-15(22-16(12)25)10-3-5-11(19)6-4-10/h3-7H,1-2H3,(H2,20,24)(H,23,26)(H,21,22,25). The highest BCUT2D eigenvalue weighted by Crippen LogP contribution is 2.32. The van der Waals surface area contributed by atoms with Crippen LogP contribution in [0.4, 0.5) is 5.00 Å². The molecule has 4 N–H and O–H groups in total. The van der Waals surface area contributed by atoms with E-state index >= 15 is 0 Å². The number of H-pyrrole nitrogens is 1. The van der Waals surface area contributed by atoms with Gasteiger partial charge in [-0.2, -0.15) is 0 Å². The van der Waals surface area contributed by atoms with Crippen molar-refractivity contribution in [1.82, 2.24) is 9.97 Å². The predicted molar refractivity (Wildman–Crippen MR) is 106 cm³/mol. The van der Waals surface area contributed by atoms with Crippen molar-refractivity contribution >= 4 is 39.8 Å². The van der Waals surface area contributed by atoms with E-state index in [9.17, 15) is 14.4 Å². The average Bonchev–Trinajstić information content (AvgIpc) is 2.89. The lowest BCUT2D eigenvalue weighted by atomic mass is 10.1. The van der Waals surface area contributed by atoms with Gasteiger partial charge in [0.15, 0.2) is 0 Å². The van der Waals surface area contributed by atoms with Gasteiger partial charge in [-0.15, -0.1) is 11.3 Å². The molecular weight excluding hydrogens is 388 g/mol. The van der Waals surface area contributed by atoms with E-state index in [0.29, 0.717) is 27.0 Å². The second kappa shape index (κ2) is 7.34. The Morgan fingerprint density at radius 3 is 2.48 bits per heavy atom. The minimum absolute atomic E-state index is 0.174. The largest absolute Gasteiger partial charge is 0.365 e. The molecule has 0 radical (unpaired) electrons. The first-order valence-corrected chi connectivity index (χ1v) is 9.03. The number of aromatic nitrogens is 2. The van der Waals surface area contributed by atoms with Gasteiger partial charge in [0.25, 0.3) is 17.4 Å². The maximum atomic E-state index is 12.5. The fourth-order valence-corrected chi connectivity index (χ4v) is 3.68. The summed E-state index contributed by atoms with van der Waals surface area (Å²) in [7, 11) is 0. The summed E-state index contributed by atoms with van der Waals surface area (Å²) < 4.78 is 0. The Bertz CT molecular complexity index is 1100. The second-order valence-electron chi connectivity index (χ2n) is 5.79. The molecule has 0 aliphatic carbocycles. The van der Waals surface area contributed by atoms with Gasteiger partial charge in [-0.1, -0.05) is 11.6 Å². The summed E-state index contributed by atoms with van der Waals surface area (Å²) in [6.45, 7) is 3.56. The van der Waals surface area contributed by atoms with E-state index in [1.165, 1.54) is 17.5 Å². The van der Waals surface area contributed by atoms with Crippen molar-refractivity contribution in [2.45, 2.75) is 13.8 Å². The smallest absolute Gasteiger partial charge is 0.264 e. The van der Waals surface area contributed by atoms with Crippen LogP contribution in [0.2, 0.25) is 5.02 Å². The van der Waals surface area contributed by atoms with Crippen molar-refractivity contribution in [3.05, 3.63) is 67.4 Å². The fraction of sp³-hybridized carbons (Fsp3) is 0.111. The SMILES string of the molecule is Cc1sc(NC(=O)c2cnc(-c3ccc(Cl)cc3)[nH]c2=O)c(C(N)=O)c1C. The number of rotatable bonds is 4. The van der Waals surface area contributed by atoms with Crippen molar-refractivity contribution in [1.29, 1.82) is 0 Å². The molecule has 0 aliphatic heterocycles. The van der Waals surface area contributed by atoms with Crippen LogP contribution >= 0.6 is 22.9 Å². The molecule has 0 saturated heterocycles. The number of thiophene rings is 1. The zero-order valence-electron chi connectivity index (χ0n) is 14.4. The van der Waals surface area contributed by atoms with Gasteiger partial charge in [-0.05, 0) is 43.7 Å². The van der Waals surface area contributed by atoms with Crippen molar-refractivity contribution in [3.63, 3.8) is 0 Å². The Hall–Kier alpha value is -2.97. The highest BCUT2D eigenvalue weighted by molar-refractivity contribution is 7.16. The number of halogens is 1. The summed E-state index contributed by atoms with van der Waals surface area (Å²) in [5, 5.41) is 3.45. The number of nitrogens with two attached hydrogens (primary N) is 1. The van der Waals surface area contributed by atoms with Crippen LogP contribution in [0.3, 0.4) is 0 Å². The van der Waals surface area contributed by atoms with Crippen molar-refractivity contribution in [2.24, 2.45) is 5.73 Å². The quantitative estimate of drug-likeness (QED) is 0.621. The summed E-state index contributed by atoms with van der Waals surface area (Å²) in [6, 6.07) is 6.75. The Morgan fingerprint density at radius 2 is 1.89 bits per heavy atom. The Morgan fingerprint density at radius 1 is 1.22 bits per heavy atom. The minimum Gasteiger partial charge on any atom is -0.365 e. The van der Waals surface area contributed by atoms with Gasteiger partial charge in [0, 0.05) is 21.7 Å². The van der Waals surface area contributed by atoms with E-state index in [-0.39, 0.29) is 11.1 Å². The van der Waals surface area contributed by atoms with Crippen LogP contribution < -0.4 is 16.6 Å². The Labute approximate surface area is 163 Å². The third-order valence-electron chi connectivity index (χ3n) is 4.02. The van der Waals surface area contributed by atoms with Crippen molar-refractivity contribution in [2.75, 3.05) is 5.32 Å². The molecule has 0 spiro atoms.